The predicted molar refractivity (Wildman–Crippen MR) is 117 cm³/mol. The van der Waals surface area contributed by atoms with Crippen molar-refractivity contribution >= 4 is 35.0 Å². The molecule has 8 nitrogen and oxygen atoms in total. The summed E-state index contributed by atoms with van der Waals surface area (Å²) in [6, 6.07) is 15.0. The summed E-state index contributed by atoms with van der Waals surface area (Å²) in [6.45, 7) is 2.15. The van der Waals surface area contributed by atoms with Crippen LogP contribution in [0.5, 0.6) is 0 Å². The van der Waals surface area contributed by atoms with Crippen LogP contribution in [0.1, 0.15) is 32.6 Å². The van der Waals surface area contributed by atoms with Gasteiger partial charge in [0.2, 0.25) is 5.91 Å². The van der Waals surface area contributed by atoms with Gasteiger partial charge in [-0.25, -0.2) is 0 Å². The van der Waals surface area contributed by atoms with Crippen molar-refractivity contribution in [3.05, 3.63) is 93.4 Å². The van der Waals surface area contributed by atoms with Gasteiger partial charge in [-0.1, -0.05) is 18.2 Å². The molecule has 2 amide bonds. The average molecular weight is 437 g/mol. The number of carbonyl (C=O) groups excluding carboxylic acids is 2. The molecule has 0 spiro atoms. The molecular weight excluding hydrogens is 418 g/mol. The van der Waals surface area contributed by atoms with Crippen LogP contribution < -0.4 is 5.32 Å². The summed E-state index contributed by atoms with van der Waals surface area (Å²) in [7, 11) is 0. The first-order valence-electron chi connectivity index (χ1n) is 9.52. The van der Waals surface area contributed by atoms with Crippen molar-refractivity contribution in [2.75, 3.05) is 11.1 Å². The maximum atomic E-state index is 12.6. The van der Waals surface area contributed by atoms with Crippen LogP contribution in [0.25, 0.3) is 0 Å². The zero-order chi connectivity index (χ0) is 22.0. The Morgan fingerprint density at radius 3 is 2.71 bits per heavy atom. The Labute approximate surface area is 182 Å². The van der Waals surface area contributed by atoms with E-state index in [4.69, 9.17) is 4.42 Å². The summed E-state index contributed by atoms with van der Waals surface area (Å²) in [5.74, 6) is 0.774. The van der Waals surface area contributed by atoms with Crippen LogP contribution in [0, 0.1) is 17.0 Å². The molecule has 0 aliphatic carbocycles. The number of nitrogens with zero attached hydrogens (tertiary/aromatic N) is 2. The second kappa shape index (κ2) is 8.65. The second-order valence-corrected chi connectivity index (χ2v) is 8.17. The molecule has 1 aromatic heterocycles. The van der Waals surface area contributed by atoms with Crippen LogP contribution in [-0.4, -0.2) is 27.4 Å². The van der Waals surface area contributed by atoms with Gasteiger partial charge in [0.1, 0.15) is 11.1 Å². The molecule has 0 bridgehead atoms. The third-order valence-electron chi connectivity index (χ3n) is 5.01. The average Bonchev–Trinajstić information content (AvgIpc) is 3.40. The zero-order valence-electron chi connectivity index (χ0n) is 16.6. The second-order valence-electron chi connectivity index (χ2n) is 7.10. The summed E-state index contributed by atoms with van der Waals surface area (Å²) in [5.41, 5.74) is 2.36. The molecule has 158 valence electrons. The van der Waals surface area contributed by atoms with Crippen LogP contribution in [0.3, 0.4) is 0 Å². The van der Waals surface area contributed by atoms with Gasteiger partial charge < -0.3 is 14.6 Å². The Bertz CT molecular complexity index is 1130. The number of nitro benzene ring substituents is 1. The van der Waals surface area contributed by atoms with Gasteiger partial charge in [0.05, 0.1) is 29.2 Å². The third kappa shape index (κ3) is 4.46. The summed E-state index contributed by atoms with van der Waals surface area (Å²) >= 11 is 1.53. The highest BCUT2D eigenvalue weighted by molar-refractivity contribution is 8.00. The summed E-state index contributed by atoms with van der Waals surface area (Å²) < 4.78 is 5.37. The highest BCUT2D eigenvalue weighted by atomic mass is 32.2. The van der Waals surface area contributed by atoms with Gasteiger partial charge >= 0.3 is 0 Å². The highest BCUT2D eigenvalue weighted by Gasteiger charge is 2.33. The van der Waals surface area contributed by atoms with Crippen molar-refractivity contribution < 1.29 is 18.9 Å². The van der Waals surface area contributed by atoms with Crippen LogP contribution in [0.2, 0.25) is 0 Å². The number of carbonyl (C=O) groups is 2. The fourth-order valence-electron chi connectivity index (χ4n) is 3.32. The Morgan fingerprint density at radius 2 is 2.03 bits per heavy atom. The van der Waals surface area contributed by atoms with Crippen molar-refractivity contribution in [2.45, 2.75) is 18.8 Å². The van der Waals surface area contributed by atoms with E-state index in [1.165, 1.54) is 23.9 Å². The lowest BCUT2D eigenvalue weighted by Crippen LogP contribution is -2.27. The van der Waals surface area contributed by atoms with E-state index in [0.29, 0.717) is 29.3 Å². The Kier molecular flexibility index (Phi) is 5.77. The maximum Gasteiger partial charge on any atom is 0.271 e. The van der Waals surface area contributed by atoms with Gasteiger partial charge in [0, 0.05) is 17.7 Å². The first-order valence-corrected chi connectivity index (χ1v) is 10.6. The van der Waals surface area contributed by atoms with Gasteiger partial charge in [-0.3, -0.25) is 19.7 Å². The fourth-order valence-corrected chi connectivity index (χ4v) is 4.51. The number of non-ortho nitro benzene ring substituents is 1. The highest BCUT2D eigenvalue weighted by Crippen LogP contribution is 2.39. The minimum Gasteiger partial charge on any atom is -0.467 e. The fraction of sp³-hybridized carbons (Fsp3) is 0.182. The van der Waals surface area contributed by atoms with E-state index in [1.54, 1.807) is 42.4 Å². The molecule has 9 heteroatoms. The van der Waals surface area contributed by atoms with E-state index in [9.17, 15) is 19.7 Å². The number of nitro groups is 1. The van der Waals surface area contributed by atoms with Gasteiger partial charge in [0.15, 0.2) is 0 Å². The van der Waals surface area contributed by atoms with Crippen molar-refractivity contribution in [1.82, 2.24) is 4.90 Å². The smallest absolute Gasteiger partial charge is 0.271 e. The molecule has 2 aromatic carbocycles. The van der Waals surface area contributed by atoms with Crippen LogP contribution in [0.4, 0.5) is 11.4 Å². The molecule has 31 heavy (non-hydrogen) atoms. The first-order chi connectivity index (χ1) is 14.9. The topological polar surface area (TPSA) is 106 Å². The molecule has 1 atom stereocenters. The zero-order valence-corrected chi connectivity index (χ0v) is 17.4. The number of rotatable bonds is 6. The number of hydrogen-bond acceptors (Lipinski definition) is 6. The number of nitrogens with one attached hydrogen (secondary N) is 1. The van der Waals surface area contributed by atoms with E-state index in [1.807, 2.05) is 18.2 Å². The predicted octanol–water partition coefficient (Wildman–Crippen LogP) is 4.52. The Morgan fingerprint density at radius 1 is 1.26 bits per heavy atom. The normalized spacial score (nSPS) is 15.8. The molecule has 1 fully saturated rings. The van der Waals surface area contributed by atoms with Gasteiger partial charge in [-0.2, -0.15) is 0 Å². The molecule has 1 aliphatic heterocycles. The maximum absolute atomic E-state index is 12.6. The number of anilines is 1. The lowest BCUT2D eigenvalue weighted by Gasteiger charge is -2.23. The molecule has 1 aliphatic rings. The van der Waals surface area contributed by atoms with Crippen LogP contribution >= 0.6 is 11.8 Å². The molecular formula is C22H19N3O5S. The first kappa shape index (κ1) is 20.7. The lowest BCUT2D eigenvalue weighted by molar-refractivity contribution is -0.384. The standard InChI is InChI=1S/C22H19N3O5S/c1-14-4-9-17(25(28)29)11-19(14)23-21(27)15-5-7-16(8-6-15)22-24(20(26)13-31-22)12-18-3-2-10-30-18/h2-11,22H,12-13H2,1H3,(H,23,27)/t22-/m1/s1. The summed E-state index contributed by atoms with van der Waals surface area (Å²) in [4.78, 5) is 37.2. The van der Waals surface area contributed by atoms with E-state index in [2.05, 4.69) is 5.32 Å². The van der Waals surface area contributed by atoms with E-state index in [0.717, 1.165) is 11.1 Å². The minimum atomic E-state index is -0.501. The van der Waals surface area contributed by atoms with Gasteiger partial charge in [0.25, 0.3) is 11.6 Å². The number of aryl methyl sites for hydroxylation is 1. The van der Waals surface area contributed by atoms with Crippen molar-refractivity contribution in [2.24, 2.45) is 0 Å². The molecule has 2 heterocycles. The monoisotopic (exact) mass is 437 g/mol. The number of furan rings is 1. The van der Waals surface area contributed by atoms with Gasteiger partial charge in [-0.05, 0) is 42.3 Å². The molecule has 3 aromatic rings. The Balaban J connectivity index is 1.49. The lowest BCUT2D eigenvalue weighted by atomic mass is 10.1. The van der Waals surface area contributed by atoms with Crippen molar-refractivity contribution in [1.29, 1.82) is 0 Å². The van der Waals surface area contributed by atoms with Crippen molar-refractivity contribution in [3.8, 4) is 0 Å². The van der Waals surface area contributed by atoms with Gasteiger partial charge in [-0.15, -0.1) is 11.8 Å². The van der Waals surface area contributed by atoms with Crippen LogP contribution in [-0.2, 0) is 11.3 Å². The number of thioether (sulfide) groups is 1. The largest absolute Gasteiger partial charge is 0.467 e. The number of benzene rings is 2. The molecule has 0 saturated carbocycles. The van der Waals surface area contributed by atoms with E-state index >= 15 is 0 Å². The molecule has 4 rings (SSSR count). The van der Waals surface area contributed by atoms with Crippen LogP contribution in [0.15, 0.2) is 65.3 Å². The minimum absolute atomic E-state index is 0.0365. The quantitative estimate of drug-likeness (QED) is 0.449. The SMILES string of the molecule is Cc1ccc([N+](=O)[O-])cc1NC(=O)c1ccc([C@H]2SCC(=O)N2Cc2ccco2)cc1. The van der Waals surface area contributed by atoms with E-state index in [-0.39, 0.29) is 22.9 Å². The molecule has 0 unspecified atom stereocenters. The molecule has 1 saturated heterocycles. The Hall–Kier alpha value is -3.59. The van der Waals surface area contributed by atoms with Crippen molar-refractivity contribution in [3.63, 3.8) is 0 Å². The summed E-state index contributed by atoms with van der Waals surface area (Å²) in [6.07, 6.45) is 1.58. The summed E-state index contributed by atoms with van der Waals surface area (Å²) in [5, 5.41) is 13.6. The van der Waals surface area contributed by atoms with E-state index < -0.39 is 4.92 Å². The number of amides is 2. The molecule has 1 N–H and O–H groups in total. The third-order valence-corrected chi connectivity index (χ3v) is 6.27. The number of hydrogen-bond donors (Lipinski definition) is 1. The molecule has 0 radical (unpaired) electrons.